The van der Waals surface area contributed by atoms with E-state index in [2.05, 4.69) is 5.32 Å². The molecule has 2 bridgehead atoms. The molecule has 1 heterocycles. The lowest BCUT2D eigenvalue weighted by Gasteiger charge is -2.54. The smallest absolute Gasteiger partial charge is 0.235 e. The van der Waals surface area contributed by atoms with Crippen LogP contribution in [0.15, 0.2) is 97.1 Å². The number of imide groups is 1. The quantitative estimate of drug-likeness (QED) is 0.115. The predicted molar refractivity (Wildman–Crippen MR) is 175 cm³/mol. The molecule has 3 amide bonds. The summed E-state index contributed by atoms with van der Waals surface area (Å²) in [4.78, 5) is 39.4. The van der Waals surface area contributed by atoms with Gasteiger partial charge in [0.1, 0.15) is 21.2 Å². The van der Waals surface area contributed by atoms with Gasteiger partial charge >= 0.3 is 0 Å². The summed E-state index contributed by atoms with van der Waals surface area (Å²) in [5.74, 6) is -0.771. The molecule has 0 aromatic heterocycles. The standard InChI is InChI=1S/C37H32Cl2N2O4/c1-23-10-9-11-26(22-23)45-25-19-17-24(18-20-25)40-31(42)16-3-2-8-21-41-34(43)32-33(35(41)44)37(39)28-13-5-4-12-27(28)36(32,38)29-14-6-7-15-30(29)37/h4-7,9-15,17-20,22,32-33H,2-3,8,16,21H2,1H3,(H,40,42)/t32-,33+,36?,37?. The highest BCUT2D eigenvalue weighted by atomic mass is 35.5. The van der Waals surface area contributed by atoms with Crippen molar-refractivity contribution in [3.8, 4) is 11.5 Å². The van der Waals surface area contributed by atoms with Crippen LogP contribution in [-0.2, 0) is 24.1 Å². The van der Waals surface area contributed by atoms with Gasteiger partial charge in [-0.2, -0.15) is 0 Å². The number of benzene rings is 4. The minimum atomic E-state index is -1.17. The molecule has 4 aliphatic rings. The van der Waals surface area contributed by atoms with E-state index in [9.17, 15) is 14.4 Å². The van der Waals surface area contributed by atoms with Crippen molar-refractivity contribution in [3.63, 3.8) is 0 Å². The number of hydrogen-bond donors (Lipinski definition) is 1. The number of amides is 3. The lowest BCUT2D eigenvalue weighted by Crippen LogP contribution is -2.57. The second-order valence-electron chi connectivity index (χ2n) is 12.1. The third-order valence-electron chi connectivity index (χ3n) is 9.33. The number of ether oxygens (including phenoxy) is 1. The Morgan fingerprint density at radius 3 is 1.82 bits per heavy atom. The molecule has 4 aromatic rings. The summed E-state index contributed by atoms with van der Waals surface area (Å²) >= 11 is 14.9. The van der Waals surface area contributed by atoms with Gasteiger partial charge in [-0.3, -0.25) is 19.3 Å². The van der Waals surface area contributed by atoms with E-state index >= 15 is 0 Å². The maximum atomic E-state index is 13.9. The topological polar surface area (TPSA) is 75.7 Å². The van der Waals surface area contributed by atoms with Crippen LogP contribution in [0.3, 0.4) is 0 Å². The minimum Gasteiger partial charge on any atom is -0.457 e. The van der Waals surface area contributed by atoms with Crippen LogP contribution >= 0.6 is 23.2 Å². The van der Waals surface area contributed by atoms with Crippen LogP contribution in [0.2, 0.25) is 0 Å². The average Bonchev–Trinajstić information content (AvgIpc) is 3.30. The number of carbonyl (C=O) groups excluding carboxylic acids is 3. The van der Waals surface area contributed by atoms with E-state index < -0.39 is 21.6 Å². The number of halogens is 2. The molecule has 1 saturated heterocycles. The van der Waals surface area contributed by atoms with E-state index in [1.807, 2.05) is 104 Å². The Labute approximate surface area is 272 Å². The van der Waals surface area contributed by atoms with E-state index in [0.717, 1.165) is 33.6 Å². The lowest BCUT2D eigenvalue weighted by atomic mass is 9.54. The molecule has 1 aliphatic heterocycles. The van der Waals surface area contributed by atoms with Gasteiger partial charge in [0.25, 0.3) is 0 Å². The van der Waals surface area contributed by atoms with Gasteiger partial charge in [-0.25, -0.2) is 0 Å². The van der Waals surface area contributed by atoms with Crippen LogP contribution in [-0.4, -0.2) is 29.2 Å². The fourth-order valence-electron chi connectivity index (χ4n) is 7.32. The molecular formula is C37H32Cl2N2O4. The number of anilines is 1. The summed E-state index contributed by atoms with van der Waals surface area (Å²) in [7, 11) is 0. The summed E-state index contributed by atoms with van der Waals surface area (Å²) in [6.45, 7) is 2.27. The lowest BCUT2D eigenvalue weighted by molar-refractivity contribution is -0.140. The first-order valence-electron chi connectivity index (χ1n) is 15.3. The van der Waals surface area contributed by atoms with Gasteiger partial charge in [0.05, 0.1) is 11.8 Å². The zero-order valence-electron chi connectivity index (χ0n) is 24.8. The normalized spacial score (nSPS) is 24.2. The Morgan fingerprint density at radius 2 is 1.29 bits per heavy atom. The zero-order valence-corrected chi connectivity index (χ0v) is 26.3. The summed E-state index contributed by atoms with van der Waals surface area (Å²) in [5.41, 5.74) is 4.99. The monoisotopic (exact) mass is 638 g/mol. The average molecular weight is 640 g/mol. The van der Waals surface area contributed by atoms with Crippen molar-refractivity contribution in [1.29, 1.82) is 0 Å². The van der Waals surface area contributed by atoms with E-state index in [1.165, 1.54) is 4.90 Å². The zero-order chi connectivity index (χ0) is 31.3. The highest BCUT2D eigenvalue weighted by molar-refractivity contribution is 6.36. The number of aryl methyl sites for hydroxylation is 1. The minimum absolute atomic E-state index is 0.0954. The molecule has 0 saturated carbocycles. The molecule has 8 heteroatoms. The van der Waals surface area contributed by atoms with E-state index in [4.69, 9.17) is 27.9 Å². The number of alkyl halides is 2. The molecule has 8 rings (SSSR count). The van der Waals surface area contributed by atoms with E-state index in [1.54, 1.807) is 0 Å². The summed E-state index contributed by atoms with van der Waals surface area (Å²) in [6, 6.07) is 30.3. The molecule has 3 aliphatic carbocycles. The van der Waals surface area contributed by atoms with Gasteiger partial charge < -0.3 is 10.1 Å². The predicted octanol–water partition coefficient (Wildman–Crippen LogP) is 7.88. The van der Waals surface area contributed by atoms with Gasteiger partial charge in [0.15, 0.2) is 0 Å². The van der Waals surface area contributed by atoms with Crippen molar-refractivity contribution >= 4 is 46.6 Å². The maximum Gasteiger partial charge on any atom is 0.235 e. The SMILES string of the molecule is Cc1cccc(Oc2ccc(NC(=O)CCCCCN3C(=O)[C@@H]4[C@H](C3=O)C3(Cl)c5ccccc5C4(Cl)c4ccccc43)cc2)c1. The molecule has 0 unspecified atom stereocenters. The number of nitrogens with zero attached hydrogens (tertiary/aromatic N) is 1. The summed E-state index contributed by atoms with van der Waals surface area (Å²) < 4.78 is 5.88. The number of carbonyl (C=O) groups is 3. The highest BCUT2D eigenvalue weighted by Crippen LogP contribution is 2.69. The highest BCUT2D eigenvalue weighted by Gasteiger charge is 2.72. The molecule has 0 radical (unpaired) electrons. The Balaban J connectivity index is 0.954. The molecule has 1 fully saturated rings. The van der Waals surface area contributed by atoms with Crippen LogP contribution in [0.4, 0.5) is 5.69 Å². The van der Waals surface area contributed by atoms with Gasteiger partial charge in [-0.05, 0) is 84.0 Å². The van der Waals surface area contributed by atoms with Gasteiger partial charge in [0.2, 0.25) is 17.7 Å². The van der Waals surface area contributed by atoms with Crippen LogP contribution in [0.25, 0.3) is 0 Å². The Kier molecular flexibility index (Phi) is 7.46. The first kappa shape index (κ1) is 29.6. The Morgan fingerprint density at radius 1 is 0.733 bits per heavy atom. The van der Waals surface area contributed by atoms with Crippen molar-refractivity contribution in [2.75, 3.05) is 11.9 Å². The number of hydrogen-bond acceptors (Lipinski definition) is 4. The Hall–Kier alpha value is -4.13. The molecule has 4 aromatic carbocycles. The van der Waals surface area contributed by atoms with E-state index in [-0.39, 0.29) is 24.3 Å². The largest absolute Gasteiger partial charge is 0.457 e. The van der Waals surface area contributed by atoms with Crippen molar-refractivity contribution in [1.82, 2.24) is 4.90 Å². The van der Waals surface area contributed by atoms with Crippen molar-refractivity contribution < 1.29 is 19.1 Å². The Bertz CT molecular complexity index is 1700. The molecule has 1 N–H and O–H groups in total. The van der Waals surface area contributed by atoms with Gasteiger partial charge in [-0.15, -0.1) is 23.2 Å². The second kappa shape index (κ2) is 11.3. The molecule has 2 atom stereocenters. The summed E-state index contributed by atoms with van der Waals surface area (Å²) in [5, 5.41) is 2.92. The second-order valence-corrected chi connectivity index (χ2v) is 13.3. The molecular weight excluding hydrogens is 607 g/mol. The number of likely N-dealkylation sites (tertiary alicyclic amines) is 1. The number of nitrogens with one attached hydrogen (secondary N) is 1. The van der Waals surface area contributed by atoms with Gasteiger partial charge in [0, 0.05) is 18.7 Å². The number of rotatable bonds is 9. The maximum absolute atomic E-state index is 13.9. The molecule has 45 heavy (non-hydrogen) atoms. The molecule has 6 nitrogen and oxygen atoms in total. The third kappa shape index (κ3) is 4.74. The van der Waals surface area contributed by atoms with Crippen LogP contribution in [0.1, 0.15) is 53.5 Å². The first-order valence-corrected chi connectivity index (χ1v) is 16.1. The first-order chi connectivity index (χ1) is 21.7. The molecule has 228 valence electrons. The van der Waals surface area contributed by atoms with Crippen molar-refractivity contribution in [2.24, 2.45) is 11.8 Å². The summed E-state index contributed by atoms with van der Waals surface area (Å²) in [6.07, 6.45) is 2.22. The number of unbranched alkanes of at least 4 members (excludes halogenated alkanes) is 2. The van der Waals surface area contributed by atoms with Crippen LogP contribution < -0.4 is 10.1 Å². The van der Waals surface area contributed by atoms with Crippen molar-refractivity contribution in [2.45, 2.75) is 42.4 Å². The van der Waals surface area contributed by atoms with Crippen LogP contribution in [0, 0.1) is 18.8 Å². The van der Waals surface area contributed by atoms with Crippen LogP contribution in [0.5, 0.6) is 11.5 Å². The third-order valence-corrected chi connectivity index (χ3v) is 10.6. The van der Waals surface area contributed by atoms with Crippen molar-refractivity contribution in [3.05, 3.63) is 125 Å². The fraction of sp³-hybridized carbons (Fsp3) is 0.270. The fourth-order valence-corrected chi connectivity index (χ4v) is 8.42. The molecule has 0 spiro atoms. The van der Waals surface area contributed by atoms with E-state index in [0.29, 0.717) is 37.1 Å². The van der Waals surface area contributed by atoms with Gasteiger partial charge in [-0.1, -0.05) is 67.1 Å².